The molecule has 0 spiro atoms. The predicted octanol–water partition coefficient (Wildman–Crippen LogP) is 3.82. The molecule has 1 aliphatic carbocycles. The van der Waals surface area contributed by atoms with Crippen LogP contribution in [0.15, 0.2) is 36.4 Å². The van der Waals surface area contributed by atoms with Gasteiger partial charge in [-0.2, -0.15) is 0 Å². The minimum Gasteiger partial charge on any atom is -0.482 e. The number of carboxylic acids is 1. The summed E-state index contributed by atoms with van der Waals surface area (Å²) in [5, 5.41) is 12.0. The molecular weight excluding hydrogens is 366 g/mol. The van der Waals surface area contributed by atoms with Crippen molar-refractivity contribution in [1.29, 1.82) is 0 Å². The third kappa shape index (κ3) is 4.97. The van der Waals surface area contributed by atoms with E-state index in [-0.39, 0.29) is 24.3 Å². The van der Waals surface area contributed by atoms with Crippen LogP contribution in [0.2, 0.25) is 0 Å². The number of aryl methyl sites for hydroxylation is 1. The van der Waals surface area contributed by atoms with Gasteiger partial charge < -0.3 is 15.2 Å². The van der Waals surface area contributed by atoms with Gasteiger partial charge >= 0.3 is 5.97 Å². The van der Waals surface area contributed by atoms with Crippen LogP contribution in [0.25, 0.3) is 0 Å². The molecule has 5 nitrogen and oxygen atoms in total. The molecule has 154 valence electrons. The summed E-state index contributed by atoms with van der Waals surface area (Å²) < 4.78 is 5.50. The van der Waals surface area contributed by atoms with Crippen molar-refractivity contribution in [2.75, 3.05) is 6.61 Å². The van der Waals surface area contributed by atoms with Crippen LogP contribution in [-0.4, -0.2) is 23.6 Å². The molecule has 2 N–H and O–H groups in total. The molecule has 2 unspecified atom stereocenters. The minimum atomic E-state index is -0.985. The first-order valence-corrected chi connectivity index (χ1v) is 10.1. The average molecular weight is 395 g/mol. The van der Waals surface area contributed by atoms with E-state index in [4.69, 9.17) is 9.84 Å². The molecule has 5 heteroatoms. The molecule has 0 heterocycles. The fraction of sp³-hybridized carbons (Fsp3) is 0.417. The summed E-state index contributed by atoms with van der Waals surface area (Å²) in [4.78, 5) is 23.6. The first kappa shape index (κ1) is 20.9. The molecule has 0 saturated carbocycles. The van der Waals surface area contributed by atoms with E-state index in [1.807, 2.05) is 57.2 Å². The van der Waals surface area contributed by atoms with Crippen LogP contribution in [0.3, 0.4) is 0 Å². The van der Waals surface area contributed by atoms with Crippen molar-refractivity contribution in [3.8, 4) is 5.75 Å². The number of amides is 1. The Bertz CT molecular complexity index is 891. The lowest BCUT2D eigenvalue weighted by atomic mass is 9.74. The van der Waals surface area contributed by atoms with E-state index in [1.54, 1.807) is 0 Å². The quantitative estimate of drug-likeness (QED) is 0.747. The Labute approximate surface area is 172 Å². The van der Waals surface area contributed by atoms with Gasteiger partial charge in [0.05, 0.1) is 0 Å². The molecule has 1 aliphatic rings. The Morgan fingerprint density at radius 2 is 1.93 bits per heavy atom. The molecule has 0 aromatic heterocycles. The highest BCUT2D eigenvalue weighted by molar-refractivity contribution is 5.78. The van der Waals surface area contributed by atoms with E-state index in [0.29, 0.717) is 12.3 Å². The molecule has 2 aromatic carbocycles. The highest BCUT2D eigenvalue weighted by Gasteiger charge is 2.30. The van der Waals surface area contributed by atoms with Gasteiger partial charge in [0.15, 0.2) is 6.61 Å². The van der Waals surface area contributed by atoms with E-state index in [1.165, 1.54) is 11.1 Å². The van der Waals surface area contributed by atoms with Crippen LogP contribution in [-0.2, 0) is 29.0 Å². The molecule has 0 fully saturated rings. The third-order valence-corrected chi connectivity index (χ3v) is 6.02. The van der Waals surface area contributed by atoms with Crippen molar-refractivity contribution >= 4 is 11.9 Å². The van der Waals surface area contributed by atoms with Crippen LogP contribution >= 0.6 is 0 Å². The molecule has 2 aromatic rings. The summed E-state index contributed by atoms with van der Waals surface area (Å²) in [6.07, 6.45) is 2.72. The van der Waals surface area contributed by atoms with Gasteiger partial charge in [0.2, 0.25) is 5.91 Å². The summed E-state index contributed by atoms with van der Waals surface area (Å²) >= 11 is 0. The lowest BCUT2D eigenvalue weighted by molar-refractivity contribution is -0.139. The lowest BCUT2D eigenvalue weighted by Gasteiger charge is -2.31. The van der Waals surface area contributed by atoms with Gasteiger partial charge in [0.1, 0.15) is 5.75 Å². The summed E-state index contributed by atoms with van der Waals surface area (Å²) in [6.45, 7) is 6.22. The average Bonchev–Trinajstić information content (AvgIpc) is 2.73. The first-order chi connectivity index (χ1) is 13.9. The van der Waals surface area contributed by atoms with Gasteiger partial charge in [-0.05, 0) is 72.9 Å². The Morgan fingerprint density at radius 1 is 1.21 bits per heavy atom. The van der Waals surface area contributed by atoms with Crippen molar-refractivity contribution in [3.63, 3.8) is 0 Å². The van der Waals surface area contributed by atoms with Crippen LogP contribution in [0.5, 0.6) is 5.75 Å². The first-order valence-electron chi connectivity index (χ1n) is 10.1. The molecule has 0 radical (unpaired) electrons. The summed E-state index contributed by atoms with van der Waals surface area (Å²) in [5.74, 6) is -0.108. The fourth-order valence-corrected chi connectivity index (χ4v) is 4.20. The van der Waals surface area contributed by atoms with E-state index in [0.717, 1.165) is 36.0 Å². The molecule has 0 aliphatic heterocycles. The SMILES string of the molecule is Cc1cc(OCC(=O)O)c(C)c2c1CCC(C(C)C(=O)NCc1ccccc1)C2. The number of ether oxygens (including phenoxy) is 1. The number of hydrogen-bond acceptors (Lipinski definition) is 3. The molecule has 29 heavy (non-hydrogen) atoms. The fourth-order valence-electron chi connectivity index (χ4n) is 4.20. The highest BCUT2D eigenvalue weighted by Crippen LogP contribution is 2.37. The lowest BCUT2D eigenvalue weighted by Crippen LogP contribution is -2.35. The zero-order chi connectivity index (χ0) is 21.0. The Morgan fingerprint density at radius 3 is 2.62 bits per heavy atom. The zero-order valence-electron chi connectivity index (χ0n) is 17.3. The maximum atomic E-state index is 12.7. The Balaban J connectivity index is 1.70. The number of aliphatic carboxylic acids is 1. The number of carbonyl (C=O) groups excluding carboxylic acids is 1. The standard InChI is InChI=1S/C24H29NO4/c1-15-11-22(29-14-23(26)27)17(3)21-12-19(9-10-20(15)21)16(2)24(28)25-13-18-7-5-4-6-8-18/h4-8,11,16,19H,9-10,12-14H2,1-3H3,(H,25,28)(H,26,27). The van der Waals surface area contributed by atoms with Crippen molar-refractivity contribution < 1.29 is 19.4 Å². The second kappa shape index (κ2) is 9.12. The number of nitrogens with one attached hydrogen (secondary N) is 1. The van der Waals surface area contributed by atoms with Gasteiger partial charge in [0, 0.05) is 12.5 Å². The number of benzene rings is 2. The zero-order valence-corrected chi connectivity index (χ0v) is 17.3. The minimum absolute atomic E-state index is 0.0787. The second-order valence-corrected chi connectivity index (χ2v) is 7.95. The molecule has 3 rings (SSSR count). The van der Waals surface area contributed by atoms with E-state index in [2.05, 4.69) is 5.32 Å². The van der Waals surface area contributed by atoms with Crippen LogP contribution in [0.1, 0.15) is 41.2 Å². The van der Waals surface area contributed by atoms with Gasteiger partial charge in [-0.25, -0.2) is 4.79 Å². The largest absolute Gasteiger partial charge is 0.482 e. The molecule has 0 bridgehead atoms. The van der Waals surface area contributed by atoms with E-state index >= 15 is 0 Å². The topological polar surface area (TPSA) is 75.6 Å². The maximum Gasteiger partial charge on any atom is 0.341 e. The van der Waals surface area contributed by atoms with Gasteiger partial charge in [-0.15, -0.1) is 0 Å². The normalized spacial score (nSPS) is 16.6. The van der Waals surface area contributed by atoms with Crippen molar-refractivity contribution in [2.45, 2.75) is 46.6 Å². The monoisotopic (exact) mass is 395 g/mol. The van der Waals surface area contributed by atoms with Crippen LogP contribution in [0, 0.1) is 25.7 Å². The summed E-state index contributed by atoms with van der Waals surface area (Å²) in [6, 6.07) is 11.9. The summed E-state index contributed by atoms with van der Waals surface area (Å²) in [7, 11) is 0. The van der Waals surface area contributed by atoms with E-state index < -0.39 is 5.97 Å². The third-order valence-electron chi connectivity index (χ3n) is 6.02. The van der Waals surface area contributed by atoms with Gasteiger partial charge in [0.25, 0.3) is 0 Å². The van der Waals surface area contributed by atoms with Crippen molar-refractivity contribution in [1.82, 2.24) is 5.32 Å². The highest BCUT2D eigenvalue weighted by atomic mass is 16.5. The number of carboxylic acid groups (broad SMARTS) is 1. The van der Waals surface area contributed by atoms with Crippen molar-refractivity contribution in [2.24, 2.45) is 11.8 Å². The summed E-state index contributed by atoms with van der Waals surface area (Å²) in [5.41, 5.74) is 5.75. The number of fused-ring (bicyclic) bond motifs is 1. The molecule has 1 amide bonds. The number of hydrogen-bond donors (Lipinski definition) is 2. The molecule has 2 atom stereocenters. The Kier molecular flexibility index (Phi) is 6.57. The second-order valence-electron chi connectivity index (χ2n) is 7.95. The number of rotatable bonds is 7. The van der Waals surface area contributed by atoms with Gasteiger partial charge in [-0.1, -0.05) is 37.3 Å². The smallest absolute Gasteiger partial charge is 0.341 e. The van der Waals surface area contributed by atoms with Crippen LogP contribution in [0.4, 0.5) is 0 Å². The molecule has 0 saturated heterocycles. The van der Waals surface area contributed by atoms with Gasteiger partial charge in [-0.3, -0.25) is 4.79 Å². The van der Waals surface area contributed by atoms with Crippen LogP contribution < -0.4 is 10.1 Å². The number of carbonyl (C=O) groups is 2. The van der Waals surface area contributed by atoms with Crippen molar-refractivity contribution in [3.05, 3.63) is 64.2 Å². The van der Waals surface area contributed by atoms with E-state index in [9.17, 15) is 9.59 Å². The Hall–Kier alpha value is -2.82. The molecular formula is C24H29NO4. The maximum absolute atomic E-state index is 12.7. The predicted molar refractivity (Wildman–Crippen MR) is 112 cm³/mol.